The highest BCUT2D eigenvalue weighted by molar-refractivity contribution is 5.64. The average Bonchev–Trinajstić information content (AvgIpc) is 2.86. The first-order valence-electron chi connectivity index (χ1n) is 11.6. The molecular formula is C26H23F8N3O. The van der Waals surface area contributed by atoms with Crippen LogP contribution < -0.4 is 0 Å². The zero-order chi connectivity index (χ0) is 27.7. The van der Waals surface area contributed by atoms with Gasteiger partial charge in [-0.1, -0.05) is 48.5 Å². The maximum atomic E-state index is 13.9. The second-order valence-electron chi connectivity index (χ2n) is 9.11. The van der Waals surface area contributed by atoms with Crippen molar-refractivity contribution >= 4 is 0 Å². The van der Waals surface area contributed by atoms with Gasteiger partial charge >= 0.3 is 12.4 Å². The van der Waals surface area contributed by atoms with Crippen LogP contribution in [-0.2, 0) is 18.7 Å². The highest BCUT2D eigenvalue weighted by Crippen LogP contribution is 2.50. The molecule has 4 nitrogen and oxygen atoms in total. The molecule has 12 heteroatoms. The molecule has 1 aromatic heterocycles. The monoisotopic (exact) mass is 545 g/mol. The van der Waals surface area contributed by atoms with Gasteiger partial charge in [-0.2, -0.15) is 26.3 Å². The second kappa shape index (κ2) is 10.6. The van der Waals surface area contributed by atoms with Crippen molar-refractivity contribution in [3.05, 3.63) is 89.2 Å². The molecule has 1 aliphatic rings. The third-order valence-corrected chi connectivity index (χ3v) is 6.62. The van der Waals surface area contributed by atoms with Gasteiger partial charge in [0.2, 0.25) is 0 Å². The van der Waals surface area contributed by atoms with Crippen LogP contribution in [0.25, 0.3) is 11.1 Å². The van der Waals surface area contributed by atoms with Crippen molar-refractivity contribution in [1.82, 2.24) is 14.8 Å². The Morgan fingerprint density at radius 3 is 1.53 bits per heavy atom. The first-order chi connectivity index (χ1) is 17.8. The Hall–Kier alpha value is -3.09. The minimum atomic E-state index is -5.94. The van der Waals surface area contributed by atoms with Crippen LogP contribution in [0.4, 0.5) is 35.1 Å². The largest absolute Gasteiger partial charge is 0.430 e. The number of rotatable bonds is 6. The van der Waals surface area contributed by atoms with E-state index >= 15 is 0 Å². The van der Waals surface area contributed by atoms with Crippen molar-refractivity contribution in [2.75, 3.05) is 26.2 Å². The maximum absolute atomic E-state index is 13.9. The zero-order valence-electron chi connectivity index (χ0n) is 19.8. The number of hydrogen-bond donors (Lipinski definition) is 1. The number of piperazine rings is 1. The van der Waals surface area contributed by atoms with Gasteiger partial charge in [0.25, 0.3) is 5.60 Å². The van der Waals surface area contributed by atoms with Gasteiger partial charge < -0.3 is 5.11 Å². The molecule has 0 bridgehead atoms. The molecule has 4 rings (SSSR count). The van der Waals surface area contributed by atoms with E-state index < -0.39 is 35.2 Å². The van der Waals surface area contributed by atoms with E-state index in [1.807, 2.05) is 4.90 Å². The number of aliphatic hydroxyl groups is 1. The Morgan fingerprint density at radius 2 is 1.08 bits per heavy atom. The molecule has 0 amide bonds. The third kappa shape index (κ3) is 5.67. The number of halogens is 8. The summed E-state index contributed by atoms with van der Waals surface area (Å²) in [4.78, 5) is 7.59. The molecule has 0 unspecified atom stereocenters. The quantitative estimate of drug-likeness (QED) is 0.406. The van der Waals surface area contributed by atoms with Gasteiger partial charge in [-0.15, -0.1) is 0 Å². The molecule has 3 aromatic rings. The smallest absolute Gasteiger partial charge is 0.369 e. The van der Waals surface area contributed by atoms with Crippen molar-refractivity contribution in [2.45, 2.75) is 31.0 Å². The van der Waals surface area contributed by atoms with E-state index in [0.717, 1.165) is 30.1 Å². The normalized spacial score (nSPS) is 16.1. The third-order valence-electron chi connectivity index (χ3n) is 6.62. The van der Waals surface area contributed by atoms with Crippen molar-refractivity contribution in [2.24, 2.45) is 0 Å². The molecule has 1 N–H and O–H groups in total. The van der Waals surface area contributed by atoms with Crippen LogP contribution in [0.2, 0.25) is 0 Å². The Balaban J connectivity index is 1.36. The average molecular weight is 545 g/mol. The van der Waals surface area contributed by atoms with Gasteiger partial charge in [-0.05, 0) is 16.7 Å². The number of alkyl halides is 6. The SMILES string of the molecule is OC(c1ccc(-c2ccc(CN3CCN(Cc4c(F)cncc4F)CC3)cc2)cc1)(C(F)(F)F)C(F)(F)F. The molecule has 0 aliphatic carbocycles. The molecule has 0 radical (unpaired) electrons. The molecule has 0 spiro atoms. The fourth-order valence-electron chi connectivity index (χ4n) is 4.37. The Kier molecular flexibility index (Phi) is 7.78. The molecule has 0 saturated carbocycles. The number of nitrogens with zero attached hydrogens (tertiary/aromatic N) is 3. The minimum absolute atomic E-state index is 0.0152. The molecule has 1 fully saturated rings. The molecule has 38 heavy (non-hydrogen) atoms. The zero-order valence-corrected chi connectivity index (χ0v) is 19.8. The summed E-state index contributed by atoms with van der Waals surface area (Å²) in [6.45, 7) is 3.28. The van der Waals surface area contributed by atoms with Gasteiger partial charge in [0.15, 0.2) is 0 Å². The topological polar surface area (TPSA) is 39.6 Å². The molecular weight excluding hydrogens is 522 g/mol. The van der Waals surface area contributed by atoms with E-state index in [1.165, 1.54) is 0 Å². The maximum Gasteiger partial charge on any atom is 0.430 e. The Bertz CT molecular complexity index is 1200. The van der Waals surface area contributed by atoms with Crippen LogP contribution in [0, 0.1) is 11.6 Å². The van der Waals surface area contributed by atoms with E-state index in [9.17, 15) is 40.2 Å². The summed E-state index contributed by atoms with van der Waals surface area (Å²) in [6, 6.07) is 10.4. The summed E-state index contributed by atoms with van der Waals surface area (Å²) in [5.41, 5.74) is -4.39. The lowest BCUT2D eigenvalue weighted by atomic mass is 9.90. The summed E-state index contributed by atoms with van der Waals surface area (Å²) >= 11 is 0. The number of pyridine rings is 1. The van der Waals surface area contributed by atoms with Crippen molar-refractivity contribution in [3.63, 3.8) is 0 Å². The standard InChI is InChI=1S/C26H23F8N3O/c27-22-13-35-14-23(28)21(22)16-37-11-9-36(10-12-37)15-17-1-3-18(4-2-17)19-5-7-20(8-6-19)24(38,25(29,30)31)26(32,33)34/h1-8,13-14,38H,9-12,15-16H2. The predicted octanol–water partition coefficient (Wildman–Crippen LogP) is 5.66. The van der Waals surface area contributed by atoms with Gasteiger partial charge in [-0.3, -0.25) is 14.8 Å². The van der Waals surface area contributed by atoms with Crippen LogP contribution in [0.3, 0.4) is 0 Å². The van der Waals surface area contributed by atoms with Gasteiger partial charge in [0, 0.05) is 50.4 Å². The van der Waals surface area contributed by atoms with Gasteiger partial charge in [0.05, 0.1) is 12.4 Å². The lowest BCUT2D eigenvalue weighted by Crippen LogP contribution is -2.53. The van der Waals surface area contributed by atoms with Crippen molar-refractivity contribution < 1.29 is 40.2 Å². The van der Waals surface area contributed by atoms with Crippen molar-refractivity contribution in [1.29, 1.82) is 0 Å². The molecule has 0 atom stereocenters. The molecule has 2 aromatic carbocycles. The Labute approximate surface area is 213 Å². The van der Waals surface area contributed by atoms with Gasteiger partial charge in [0.1, 0.15) is 11.6 Å². The van der Waals surface area contributed by atoms with Gasteiger partial charge in [-0.25, -0.2) is 8.78 Å². The highest BCUT2D eigenvalue weighted by atomic mass is 19.4. The van der Waals surface area contributed by atoms with Crippen LogP contribution in [-0.4, -0.2) is 58.4 Å². The van der Waals surface area contributed by atoms with E-state index in [-0.39, 0.29) is 12.1 Å². The first kappa shape index (κ1) is 27.9. The highest BCUT2D eigenvalue weighted by Gasteiger charge is 2.71. The molecule has 2 heterocycles. The molecule has 1 aliphatic heterocycles. The number of hydrogen-bond acceptors (Lipinski definition) is 4. The van der Waals surface area contributed by atoms with E-state index in [0.29, 0.717) is 56.0 Å². The summed E-state index contributed by atoms with van der Waals surface area (Å²) in [7, 11) is 0. The number of aromatic nitrogens is 1. The lowest BCUT2D eigenvalue weighted by molar-refractivity contribution is -0.376. The lowest BCUT2D eigenvalue weighted by Gasteiger charge is -2.34. The van der Waals surface area contributed by atoms with E-state index in [2.05, 4.69) is 9.88 Å². The Morgan fingerprint density at radius 1 is 0.658 bits per heavy atom. The number of benzene rings is 2. The summed E-state index contributed by atoms with van der Waals surface area (Å²) in [5, 5.41) is 9.53. The fourth-order valence-corrected chi connectivity index (χ4v) is 4.37. The van der Waals surface area contributed by atoms with Crippen LogP contribution >= 0.6 is 0 Å². The fraction of sp³-hybridized carbons (Fsp3) is 0.346. The predicted molar refractivity (Wildman–Crippen MR) is 123 cm³/mol. The second-order valence-corrected chi connectivity index (χ2v) is 9.11. The summed E-state index contributed by atoms with van der Waals surface area (Å²) < 4.78 is 106. The first-order valence-corrected chi connectivity index (χ1v) is 11.6. The molecule has 1 saturated heterocycles. The summed E-state index contributed by atoms with van der Waals surface area (Å²) in [6.07, 6.45) is -9.91. The van der Waals surface area contributed by atoms with E-state index in [1.54, 1.807) is 24.3 Å². The summed E-state index contributed by atoms with van der Waals surface area (Å²) in [5.74, 6) is -1.36. The van der Waals surface area contributed by atoms with Crippen LogP contribution in [0.5, 0.6) is 0 Å². The van der Waals surface area contributed by atoms with Crippen LogP contribution in [0.15, 0.2) is 60.9 Å². The van der Waals surface area contributed by atoms with Crippen molar-refractivity contribution in [3.8, 4) is 11.1 Å². The van der Waals surface area contributed by atoms with Crippen LogP contribution in [0.1, 0.15) is 16.7 Å². The molecule has 204 valence electrons. The van der Waals surface area contributed by atoms with E-state index in [4.69, 9.17) is 0 Å². The minimum Gasteiger partial charge on any atom is -0.369 e.